The van der Waals surface area contributed by atoms with Gasteiger partial charge in [-0.15, -0.1) is 12.4 Å². The van der Waals surface area contributed by atoms with Crippen LogP contribution in [0.1, 0.15) is 19.3 Å². The van der Waals surface area contributed by atoms with Gasteiger partial charge in [-0.25, -0.2) is 0 Å². The van der Waals surface area contributed by atoms with Crippen LogP contribution in [-0.4, -0.2) is 44.7 Å². The fraction of sp³-hybridized carbons (Fsp3) is 0.500. The van der Waals surface area contributed by atoms with Crippen LogP contribution in [0, 0.1) is 5.92 Å². The normalized spacial score (nSPS) is 16.0. The van der Waals surface area contributed by atoms with E-state index in [9.17, 15) is 0 Å². The third-order valence-corrected chi connectivity index (χ3v) is 4.92. The van der Waals surface area contributed by atoms with Gasteiger partial charge in [-0.3, -0.25) is 4.90 Å². The Bertz CT molecular complexity index is 606. The number of hydrogen-bond donors (Lipinski definition) is 1. The molecule has 3 rings (SSSR count). The van der Waals surface area contributed by atoms with Crippen LogP contribution in [0.2, 0.25) is 0 Å². The third kappa shape index (κ3) is 5.10. The van der Waals surface area contributed by atoms with Gasteiger partial charge in [0.05, 0.1) is 0 Å². The Morgan fingerprint density at radius 3 is 2.62 bits per heavy atom. The van der Waals surface area contributed by atoms with Crippen LogP contribution in [0.15, 0.2) is 42.5 Å². The fourth-order valence-corrected chi connectivity index (χ4v) is 3.45. The largest absolute Gasteiger partial charge is 0.492 e. The smallest absolute Gasteiger partial charge is 0.127 e. The second-order valence-electron chi connectivity index (χ2n) is 6.50. The summed E-state index contributed by atoms with van der Waals surface area (Å²) >= 11 is 0. The summed E-state index contributed by atoms with van der Waals surface area (Å²) in [4.78, 5) is 2.54. The molecule has 0 aliphatic carbocycles. The lowest BCUT2D eigenvalue weighted by Crippen LogP contribution is -2.37. The number of nitrogens with zero attached hydrogens (tertiary/aromatic N) is 1. The van der Waals surface area contributed by atoms with E-state index in [-0.39, 0.29) is 12.4 Å². The molecule has 24 heavy (non-hydrogen) atoms. The van der Waals surface area contributed by atoms with Gasteiger partial charge in [0.2, 0.25) is 0 Å². The topological polar surface area (TPSA) is 24.5 Å². The van der Waals surface area contributed by atoms with E-state index in [1.807, 2.05) is 7.05 Å². The first-order chi connectivity index (χ1) is 11.4. The van der Waals surface area contributed by atoms with Crippen molar-refractivity contribution < 1.29 is 4.74 Å². The van der Waals surface area contributed by atoms with Gasteiger partial charge >= 0.3 is 0 Å². The molecule has 0 atom stereocenters. The van der Waals surface area contributed by atoms with Crippen molar-refractivity contribution in [3.05, 3.63) is 42.5 Å². The minimum atomic E-state index is 0. The maximum Gasteiger partial charge on any atom is 0.127 e. The van der Waals surface area contributed by atoms with Crippen molar-refractivity contribution in [3.8, 4) is 5.75 Å². The van der Waals surface area contributed by atoms with E-state index in [0.717, 1.165) is 31.4 Å². The molecule has 0 amide bonds. The van der Waals surface area contributed by atoms with E-state index in [2.05, 4.69) is 52.7 Å². The Morgan fingerprint density at radius 2 is 1.83 bits per heavy atom. The van der Waals surface area contributed by atoms with Gasteiger partial charge in [-0.1, -0.05) is 36.4 Å². The Kier molecular flexibility index (Phi) is 7.83. The third-order valence-electron chi connectivity index (χ3n) is 4.92. The first-order valence-electron chi connectivity index (χ1n) is 8.84. The number of rotatable bonds is 7. The molecule has 1 aliphatic heterocycles. The van der Waals surface area contributed by atoms with Crippen LogP contribution in [-0.2, 0) is 0 Å². The molecule has 0 spiro atoms. The lowest BCUT2D eigenvalue weighted by Gasteiger charge is -2.31. The zero-order valence-corrected chi connectivity index (χ0v) is 15.4. The van der Waals surface area contributed by atoms with Gasteiger partial charge in [-0.05, 0) is 63.3 Å². The fourth-order valence-electron chi connectivity index (χ4n) is 3.45. The first-order valence-corrected chi connectivity index (χ1v) is 8.84. The number of halogens is 1. The van der Waals surface area contributed by atoms with Crippen LogP contribution in [0.25, 0.3) is 10.8 Å². The molecule has 0 aromatic heterocycles. The van der Waals surface area contributed by atoms with Crippen molar-refractivity contribution in [2.75, 3.05) is 39.8 Å². The molecule has 1 saturated heterocycles. The molecule has 2 aromatic rings. The van der Waals surface area contributed by atoms with Crippen LogP contribution < -0.4 is 10.1 Å². The molecular formula is C20H29ClN2O. The minimum Gasteiger partial charge on any atom is -0.492 e. The summed E-state index contributed by atoms with van der Waals surface area (Å²) in [5, 5.41) is 5.71. The van der Waals surface area contributed by atoms with E-state index in [0.29, 0.717) is 0 Å². The quantitative estimate of drug-likeness (QED) is 0.819. The standard InChI is InChI=1S/C20H28N2O.ClH/c1-21-12-9-17-10-13-22(14-11-17)15-16-23-20-8-4-6-18-5-2-3-7-19(18)20;/h2-8,17,21H,9-16H2,1H3;1H. The maximum atomic E-state index is 6.06. The van der Waals surface area contributed by atoms with Crippen molar-refractivity contribution in [3.63, 3.8) is 0 Å². The van der Waals surface area contributed by atoms with Crippen molar-refractivity contribution >= 4 is 23.2 Å². The van der Waals surface area contributed by atoms with E-state index in [4.69, 9.17) is 4.74 Å². The zero-order chi connectivity index (χ0) is 15.9. The predicted octanol–water partition coefficient (Wildman–Crippen LogP) is 3.96. The summed E-state index contributed by atoms with van der Waals surface area (Å²) in [6.07, 6.45) is 3.97. The Labute approximate surface area is 151 Å². The molecule has 0 radical (unpaired) electrons. The van der Waals surface area contributed by atoms with Gasteiger partial charge in [0, 0.05) is 11.9 Å². The van der Waals surface area contributed by atoms with E-state index in [1.54, 1.807) is 0 Å². The molecule has 1 N–H and O–H groups in total. The highest BCUT2D eigenvalue weighted by Gasteiger charge is 2.18. The Balaban J connectivity index is 0.00000208. The number of piperidine rings is 1. The molecule has 0 bridgehead atoms. The van der Waals surface area contributed by atoms with E-state index in [1.165, 1.54) is 43.1 Å². The van der Waals surface area contributed by atoms with E-state index >= 15 is 0 Å². The number of ether oxygens (including phenoxy) is 1. The zero-order valence-electron chi connectivity index (χ0n) is 14.5. The predicted molar refractivity (Wildman–Crippen MR) is 104 cm³/mol. The molecule has 2 aromatic carbocycles. The van der Waals surface area contributed by atoms with Crippen molar-refractivity contribution in [1.29, 1.82) is 0 Å². The summed E-state index contributed by atoms with van der Waals surface area (Å²) in [7, 11) is 2.04. The summed E-state index contributed by atoms with van der Waals surface area (Å²) in [5.41, 5.74) is 0. The molecule has 0 saturated carbocycles. The van der Waals surface area contributed by atoms with Crippen molar-refractivity contribution in [1.82, 2.24) is 10.2 Å². The van der Waals surface area contributed by atoms with Gasteiger partial charge in [0.25, 0.3) is 0 Å². The highest BCUT2D eigenvalue weighted by molar-refractivity contribution is 5.88. The summed E-state index contributed by atoms with van der Waals surface area (Å²) < 4.78 is 6.06. The van der Waals surface area contributed by atoms with Crippen molar-refractivity contribution in [2.24, 2.45) is 5.92 Å². The van der Waals surface area contributed by atoms with Crippen LogP contribution in [0.5, 0.6) is 5.75 Å². The summed E-state index contributed by atoms with van der Waals surface area (Å²) in [6, 6.07) is 14.7. The van der Waals surface area contributed by atoms with Crippen LogP contribution in [0.4, 0.5) is 0 Å². The monoisotopic (exact) mass is 348 g/mol. The van der Waals surface area contributed by atoms with Gasteiger partial charge in [0.15, 0.2) is 0 Å². The summed E-state index contributed by atoms with van der Waals surface area (Å²) in [5.74, 6) is 1.91. The van der Waals surface area contributed by atoms with Gasteiger partial charge < -0.3 is 10.1 Å². The Morgan fingerprint density at radius 1 is 1.08 bits per heavy atom. The molecule has 1 fully saturated rings. The highest BCUT2D eigenvalue weighted by atomic mass is 35.5. The highest BCUT2D eigenvalue weighted by Crippen LogP contribution is 2.25. The SMILES string of the molecule is CNCCC1CCN(CCOc2cccc3ccccc23)CC1.Cl. The number of benzene rings is 2. The second-order valence-corrected chi connectivity index (χ2v) is 6.50. The van der Waals surface area contributed by atoms with Crippen LogP contribution >= 0.6 is 12.4 Å². The lowest BCUT2D eigenvalue weighted by molar-refractivity contribution is 0.152. The molecule has 1 aliphatic rings. The maximum absolute atomic E-state index is 6.06. The van der Waals surface area contributed by atoms with Crippen molar-refractivity contribution in [2.45, 2.75) is 19.3 Å². The molecule has 3 nitrogen and oxygen atoms in total. The summed E-state index contributed by atoms with van der Waals surface area (Å²) in [6.45, 7) is 5.38. The number of hydrogen-bond acceptors (Lipinski definition) is 3. The lowest BCUT2D eigenvalue weighted by atomic mass is 9.93. The molecule has 0 unspecified atom stereocenters. The number of nitrogens with one attached hydrogen (secondary N) is 1. The molecule has 1 heterocycles. The minimum absolute atomic E-state index is 0. The molecule has 132 valence electrons. The van der Waals surface area contributed by atoms with E-state index < -0.39 is 0 Å². The van der Waals surface area contributed by atoms with Gasteiger partial charge in [0.1, 0.15) is 12.4 Å². The number of fused-ring (bicyclic) bond motifs is 1. The molecular weight excluding hydrogens is 320 g/mol. The average Bonchev–Trinajstić information content (AvgIpc) is 2.61. The Hall–Kier alpha value is -1.29. The van der Waals surface area contributed by atoms with Gasteiger partial charge in [-0.2, -0.15) is 0 Å². The molecule has 4 heteroatoms. The first kappa shape index (κ1) is 19.0. The second kappa shape index (κ2) is 9.87. The van der Waals surface area contributed by atoms with Crippen LogP contribution in [0.3, 0.4) is 0 Å². The average molecular weight is 349 g/mol. The number of likely N-dealkylation sites (tertiary alicyclic amines) is 1.